The molecule has 12 rings (SSSR count). The van der Waals surface area contributed by atoms with Crippen LogP contribution in [0.5, 0.6) is 0 Å². The van der Waals surface area contributed by atoms with Gasteiger partial charge in [-0.3, -0.25) is 0 Å². The lowest BCUT2D eigenvalue weighted by atomic mass is 9.33. The fraction of sp³-hybridized carbons (Fsp3) is 0. The summed E-state index contributed by atoms with van der Waals surface area (Å²) in [7, 11) is 0. The van der Waals surface area contributed by atoms with Gasteiger partial charge in [0.1, 0.15) is 11.6 Å². The molecule has 0 atom stereocenters. The maximum atomic E-state index is 14.7. The van der Waals surface area contributed by atoms with Crippen LogP contribution >= 0.6 is 0 Å². The third-order valence-electron chi connectivity index (χ3n) is 12.5. The molecule has 3 heterocycles. The molecule has 0 fully saturated rings. The summed E-state index contributed by atoms with van der Waals surface area (Å²) < 4.78 is 31.6. The quantitative estimate of drug-likeness (QED) is 0.163. The molecule has 9 aromatic carbocycles. The van der Waals surface area contributed by atoms with E-state index in [1.807, 2.05) is 18.2 Å². The van der Waals surface area contributed by atoms with E-state index in [1.165, 1.54) is 28.5 Å². The Morgan fingerprint density at radius 2 is 0.984 bits per heavy atom. The number of nitrogens with zero attached hydrogens (tertiary/aromatic N) is 4. The van der Waals surface area contributed by atoms with Crippen LogP contribution in [0.15, 0.2) is 200 Å². The second-order valence-corrected chi connectivity index (χ2v) is 15.9. The van der Waals surface area contributed by atoms with Crippen molar-refractivity contribution in [3.8, 4) is 34.0 Å². The van der Waals surface area contributed by atoms with Crippen LogP contribution in [0.1, 0.15) is 5.56 Å². The SMILES string of the molecule is N#Cc1ccc(-n2c3ccccc3c3cc(-c4cc5c6c(c4)N(c4ccccc4)c4ccccc4B6c4ccccc4N5c4ccccc4)ccc32)c(-c2cc(F)cc(F)c2)c1. The van der Waals surface area contributed by atoms with Gasteiger partial charge in [0.2, 0.25) is 0 Å². The van der Waals surface area contributed by atoms with Crippen LogP contribution in [0.2, 0.25) is 0 Å². The van der Waals surface area contributed by atoms with Gasteiger partial charge in [-0.25, -0.2) is 8.78 Å². The maximum absolute atomic E-state index is 14.7. The molecular weight excluding hydrogens is 765 g/mol. The second kappa shape index (κ2) is 13.9. The molecule has 0 aliphatic carbocycles. The molecule has 62 heavy (non-hydrogen) atoms. The van der Waals surface area contributed by atoms with Crippen molar-refractivity contribution in [3.63, 3.8) is 0 Å². The molecule has 10 aromatic rings. The van der Waals surface area contributed by atoms with E-state index in [9.17, 15) is 14.0 Å². The number of halogens is 2. The highest BCUT2D eigenvalue weighted by atomic mass is 19.1. The van der Waals surface area contributed by atoms with Crippen LogP contribution in [-0.4, -0.2) is 11.3 Å². The fourth-order valence-corrected chi connectivity index (χ4v) is 9.93. The average molecular weight is 799 g/mol. The molecule has 0 spiro atoms. The van der Waals surface area contributed by atoms with Gasteiger partial charge in [-0.15, -0.1) is 0 Å². The summed E-state index contributed by atoms with van der Waals surface area (Å²) in [5.41, 5.74) is 16.5. The predicted octanol–water partition coefficient (Wildman–Crippen LogP) is 12.4. The highest BCUT2D eigenvalue weighted by molar-refractivity contribution is 7.00. The lowest BCUT2D eigenvalue weighted by Gasteiger charge is -2.44. The lowest BCUT2D eigenvalue weighted by Crippen LogP contribution is -2.61. The van der Waals surface area contributed by atoms with E-state index in [2.05, 4.69) is 172 Å². The summed E-state index contributed by atoms with van der Waals surface area (Å²) in [6.07, 6.45) is 0. The molecule has 2 aliphatic heterocycles. The highest BCUT2D eigenvalue weighted by Gasteiger charge is 2.43. The van der Waals surface area contributed by atoms with Gasteiger partial charge < -0.3 is 14.4 Å². The largest absolute Gasteiger partial charge is 0.311 e. The predicted molar refractivity (Wildman–Crippen MR) is 250 cm³/mol. The van der Waals surface area contributed by atoms with Gasteiger partial charge in [-0.2, -0.15) is 5.26 Å². The Morgan fingerprint density at radius 3 is 1.61 bits per heavy atom. The van der Waals surface area contributed by atoms with Gasteiger partial charge >= 0.3 is 0 Å². The van der Waals surface area contributed by atoms with Crippen LogP contribution in [0.3, 0.4) is 0 Å². The van der Waals surface area contributed by atoms with E-state index in [-0.39, 0.29) is 6.71 Å². The van der Waals surface area contributed by atoms with Crippen molar-refractivity contribution in [2.75, 3.05) is 9.80 Å². The maximum Gasteiger partial charge on any atom is 0.252 e. The first kappa shape index (κ1) is 35.7. The third-order valence-corrected chi connectivity index (χ3v) is 12.5. The van der Waals surface area contributed by atoms with E-state index in [4.69, 9.17) is 0 Å². The zero-order valence-corrected chi connectivity index (χ0v) is 33.2. The van der Waals surface area contributed by atoms with Crippen LogP contribution in [0, 0.1) is 23.0 Å². The molecule has 7 heteroatoms. The molecule has 0 saturated carbocycles. The minimum atomic E-state index is -0.681. The van der Waals surface area contributed by atoms with E-state index in [1.54, 1.807) is 12.1 Å². The number of aromatic nitrogens is 1. The van der Waals surface area contributed by atoms with E-state index in [0.29, 0.717) is 22.4 Å². The number of fused-ring (bicyclic) bond motifs is 7. The molecule has 0 radical (unpaired) electrons. The number of para-hydroxylation sites is 5. The summed E-state index contributed by atoms with van der Waals surface area (Å²) in [6, 6.07) is 69.3. The summed E-state index contributed by atoms with van der Waals surface area (Å²) in [5.74, 6) is -1.36. The Hall–Kier alpha value is -8.21. The minimum absolute atomic E-state index is 0.00927. The number of rotatable bonds is 5. The summed E-state index contributed by atoms with van der Waals surface area (Å²) >= 11 is 0. The minimum Gasteiger partial charge on any atom is -0.311 e. The van der Waals surface area contributed by atoms with Gasteiger partial charge in [0, 0.05) is 56.5 Å². The first-order chi connectivity index (χ1) is 30.5. The third kappa shape index (κ3) is 5.44. The zero-order chi connectivity index (χ0) is 41.5. The highest BCUT2D eigenvalue weighted by Crippen LogP contribution is 2.47. The van der Waals surface area contributed by atoms with Gasteiger partial charge in [-0.05, 0) is 130 Å². The Balaban J connectivity index is 1.13. The van der Waals surface area contributed by atoms with Crippen LogP contribution in [-0.2, 0) is 0 Å². The normalized spacial score (nSPS) is 12.6. The van der Waals surface area contributed by atoms with Crippen LogP contribution < -0.4 is 26.2 Å². The monoisotopic (exact) mass is 798 g/mol. The van der Waals surface area contributed by atoms with Gasteiger partial charge in [0.05, 0.1) is 28.4 Å². The Bertz CT molecular complexity index is 3350. The van der Waals surface area contributed by atoms with Crippen molar-refractivity contribution >= 4 is 79.0 Å². The molecule has 4 nitrogen and oxygen atoms in total. The number of nitriles is 1. The average Bonchev–Trinajstić information content (AvgIpc) is 3.64. The number of hydrogen-bond acceptors (Lipinski definition) is 3. The summed E-state index contributed by atoms with van der Waals surface area (Å²) in [5, 5.41) is 12.0. The Labute approximate surface area is 357 Å². The first-order valence-electron chi connectivity index (χ1n) is 20.6. The standard InChI is InChI=1S/C55H33BF2N4/c57-39-28-38(29-40(58)33-39)44-27-35(34-59)23-25-49(44)62-48-20-10-7-17-43(48)45-30-36(24-26-50(45)62)37-31-53-55-54(32-37)61(42-15-5-2-6-16-42)52-22-12-9-19-47(52)56(55)46-18-8-11-21-51(46)60(53)41-13-3-1-4-14-41/h1-33H. The van der Waals surface area contributed by atoms with Crippen molar-refractivity contribution in [1.82, 2.24) is 4.57 Å². The number of anilines is 6. The molecule has 0 unspecified atom stereocenters. The van der Waals surface area contributed by atoms with E-state index >= 15 is 0 Å². The summed E-state index contributed by atoms with van der Waals surface area (Å²) in [4.78, 5) is 4.83. The Morgan fingerprint density at radius 1 is 0.419 bits per heavy atom. The zero-order valence-electron chi connectivity index (χ0n) is 33.2. The van der Waals surface area contributed by atoms with Crippen molar-refractivity contribution in [3.05, 3.63) is 217 Å². The molecule has 0 saturated heterocycles. The van der Waals surface area contributed by atoms with Crippen molar-refractivity contribution < 1.29 is 8.78 Å². The lowest BCUT2D eigenvalue weighted by molar-refractivity contribution is 0.584. The molecule has 0 amide bonds. The topological polar surface area (TPSA) is 35.2 Å². The Kier molecular flexibility index (Phi) is 8.03. The number of hydrogen-bond donors (Lipinski definition) is 0. The molecule has 0 N–H and O–H groups in total. The van der Waals surface area contributed by atoms with Crippen molar-refractivity contribution in [2.24, 2.45) is 0 Å². The van der Waals surface area contributed by atoms with Crippen LogP contribution in [0.25, 0.3) is 49.7 Å². The van der Waals surface area contributed by atoms with E-state index < -0.39 is 11.6 Å². The number of benzene rings is 9. The smallest absolute Gasteiger partial charge is 0.252 e. The first-order valence-corrected chi connectivity index (χ1v) is 20.6. The van der Waals surface area contributed by atoms with Crippen molar-refractivity contribution in [1.29, 1.82) is 5.26 Å². The molecule has 290 valence electrons. The fourth-order valence-electron chi connectivity index (χ4n) is 9.93. The van der Waals surface area contributed by atoms with Gasteiger partial charge in [-0.1, -0.05) is 97.1 Å². The van der Waals surface area contributed by atoms with Crippen LogP contribution in [0.4, 0.5) is 42.9 Å². The van der Waals surface area contributed by atoms with Crippen molar-refractivity contribution in [2.45, 2.75) is 0 Å². The summed E-state index contributed by atoms with van der Waals surface area (Å²) in [6.45, 7) is 0.00927. The second-order valence-electron chi connectivity index (χ2n) is 15.9. The molecule has 2 aliphatic rings. The van der Waals surface area contributed by atoms with E-state index in [0.717, 1.165) is 73.1 Å². The van der Waals surface area contributed by atoms with Gasteiger partial charge in [0.25, 0.3) is 6.71 Å². The molecular formula is C55H33BF2N4. The molecule has 0 bridgehead atoms. The molecule has 1 aromatic heterocycles. The van der Waals surface area contributed by atoms with Gasteiger partial charge in [0.15, 0.2) is 0 Å².